The summed E-state index contributed by atoms with van der Waals surface area (Å²) in [7, 11) is 0. The maximum Gasteiger partial charge on any atom is 0.242 e. The van der Waals surface area contributed by atoms with Gasteiger partial charge < -0.3 is 5.32 Å². The molecule has 0 spiro atoms. The Hall–Kier alpha value is -1.88. The molecule has 0 unspecified atom stereocenters. The lowest BCUT2D eigenvalue weighted by molar-refractivity contribution is -0.115. The first-order valence-corrected chi connectivity index (χ1v) is 6.99. The SMILES string of the molecule is CS[C@@H](C(=O)Nc1ccncc1F)c1ccccc1. The van der Waals surface area contributed by atoms with Crippen molar-refractivity contribution in [3.8, 4) is 0 Å². The van der Waals surface area contributed by atoms with Gasteiger partial charge in [0, 0.05) is 6.20 Å². The molecule has 1 atom stereocenters. The lowest BCUT2D eigenvalue weighted by Gasteiger charge is -2.15. The van der Waals surface area contributed by atoms with Crippen LogP contribution in [-0.4, -0.2) is 17.1 Å². The van der Waals surface area contributed by atoms with Crippen molar-refractivity contribution >= 4 is 23.4 Å². The molecule has 0 aliphatic carbocycles. The van der Waals surface area contributed by atoms with Gasteiger partial charge in [0.1, 0.15) is 5.25 Å². The van der Waals surface area contributed by atoms with Crippen molar-refractivity contribution < 1.29 is 9.18 Å². The molecule has 0 fully saturated rings. The smallest absolute Gasteiger partial charge is 0.242 e. The van der Waals surface area contributed by atoms with Crippen LogP contribution in [0.5, 0.6) is 0 Å². The molecular weight excluding hydrogens is 263 g/mol. The zero-order valence-corrected chi connectivity index (χ0v) is 11.2. The maximum atomic E-state index is 13.4. The first-order valence-electron chi connectivity index (χ1n) is 5.70. The van der Waals surface area contributed by atoms with E-state index in [1.807, 2.05) is 36.6 Å². The molecule has 1 amide bonds. The van der Waals surface area contributed by atoms with Gasteiger partial charge in [0.2, 0.25) is 5.91 Å². The average Bonchev–Trinajstić information content (AvgIpc) is 2.43. The van der Waals surface area contributed by atoms with Gasteiger partial charge in [0.15, 0.2) is 5.82 Å². The summed E-state index contributed by atoms with van der Waals surface area (Å²) in [5, 5.41) is 2.22. The number of benzene rings is 1. The van der Waals surface area contributed by atoms with E-state index in [2.05, 4.69) is 10.3 Å². The van der Waals surface area contributed by atoms with E-state index in [-0.39, 0.29) is 16.8 Å². The van der Waals surface area contributed by atoms with Crippen LogP contribution in [0, 0.1) is 5.82 Å². The summed E-state index contributed by atoms with van der Waals surface area (Å²) in [4.78, 5) is 15.8. The second-order valence-electron chi connectivity index (χ2n) is 3.87. The first-order chi connectivity index (χ1) is 9.22. The molecular formula is C14H13FN2OS. The van der Waals surface area contributed by atoms with Crippen LogP contribution in [0.1, 0.15) is 10.8 Å². The van der Waals surface area contributed by atoms with Gasteiger partial charge in [-0.15, -0.1) is 11.8 Å². The van der Waals surface area contributed by atoms with Gasteiger partial charge in [-0.2, -0.15) is 0 Å². The Kier molecular flexibility index (Phi) is 4.52. The average molecular weight is 276 g/mol. The van der Waals surface area contributed by atoms with Crippen LogP contribution in [0.15, 0.2) is 48.8 Å². The molecule has 0 bridgehead atoms. The highest BCUT2D eigenvalue weighted by Gasteiger charge is 2.20. The van der Waals surface area contributed by atoms with E-state index in [1.165, 1.54) is 24.0 Å². The highest BCUT2D eigenvalue weighted by Crippen LogP contribution is 2.28. The quantitative estimate of drug-likeness (QED) is 0.932. The number of carbonyl (C=O) groups excluding carboxylic acids is 1. The van der Waals surface area contributed by atoms with Crippen molar-refractivity contribution in [2.24, 2.45) is 0 Å². The molecule has 98 valence electrons. The largest absolute Gasteiger partial charge is 0.322 e. The fraction of sp³-hybridized carbons (Fsp3) is 0.143. The second kappa shape index (κ2) is 6.33. The minimum Gasteiger partial charge on any atom is -0.322 e. The van der Waals surface area contributed by atoms with Crippen LogP contribution in [0.25, 0.3) is 0 Å². The molecule has 0 radical (unpaired) electrons. The molecule has 1 N–H and O–H groups in total. The molecule has 0 saturated carbocycles. The van der Waals surface area contributed by atoms with Crippen LogP contribution in [0.4, 0.5) is 10.1 Å². The Morgan fingerprint density at radius 3 is 2.68 bits per heavy atom. The first kappa shape index (κ1) is 13.5. The van der Waals surface area contributed by atoms with Crippen molar-refractivity contribution in [3.05, 3.63) is 60.2 Å². The molecule has 2 aromatic rings. The summed E-state index contributed by atoms with van der Waals surface area (Å²) in [5.74, 6) is -0.785. The molecule has 0 saturated heterocycles. The van der Waals surface area contributed by atoms with Crippen LogP contribution in [-0.2, 0) is 4.79 Å². The van der Waals surface area contributed by atoms with E-state index in [9.17, 15) is 9.18 Å². The number of halogens is 1. The Balaban J connectivity index is 2.17. The molecule has 1 heterocycles. The van der Waals surface area contributed by atoms with Crippen molar-refractivity contribution in [1.82, 2.24) is 4.98 Å². The highest BCUT2D eigenvalue weighted by atomic mass is 32.2. The van der Waals surface area contributed by atoms with Gasteiger partial charge in [-0.05, 0) is 17.9 Å². The van der Waals surface area contributed by atoms with Gasteiger partial charge in [0.25, 0.3) is 0 Å². The van der Waals surface area contributed by atoms with E-state index in [1.54, 1.807) is 0 Å². The molecule has 19 heavy (non-hydrogen) atoms. The number of thioether (sulfide) groups is 1. The summed E-state index contributed by atoms with van der Waals surface area (Å²) >= 11 is 1.41. The Morgan fingerprint density at radius 2 is 2.05 bits per heavy atom. The van der Waals surface area contributed by atoms with E-state index >= 15 is 0 Å². The van der Waals surface area contributed by atoms with Crippen LogP contribution in [0.2, 0.25) is 0 Å². The zero-order chi connectivity index (χ0) is 13.7. The number of nitrogens with one attached hydrogen (secondary N) is 1. The number of anilines is 1. The van der Waals surface area contributed by atoms with E-state index in [0.717, 1.165) is 11.8 Å². The van der Waals surface area contributed by atoms with Crippen LogP contribution in [0.3, 0.4) is 0 Å². The topological polar surface area (TPSA) is 42.0 Å². The van der Waals surface area contributed by atoms with Gasteiger partial charge in [-0.3, -0.25) is 9.78 Å². The lowest BCUT2D eigenvalue weighted by Crippen LogP contribution is -2.19. The number of amides is 1. The van der Waals surface area contributed by atoms with Crippen molar-refractivity contribution in [2.45, 2.75) is 5.25 Å². The van der Waals surface area contributed by atoms with Crippen LogP contribution >= 0.6 is 11.8 Å². The van der Waals surface area contributed by atoms with Gasteiger partial charge in [0.05, 0.1) is 11.9 Å². The predicted molar refractivity (Wildman–Crippen MR) is 75.5 cm³/mol. The number of rotatable bonds is 4. The Bertz CT molecular complexity index is 562. The number of aromatic nitrogens is 1. The number of nitrogens with zero attached hydrogens (tertiary/aromatic N) is 1. The molecule has 1 aromatic carbocycles. The lowest BCUT2D eigenvalue weighted by atomic mass is 10.1. The normalized spacial score (nSPS) is 11.9. The van der Waals surface area contributed by atoms with E-state index in [4.69, 9.17) is 0 Å². The summed E-state index contributed by atoms with van der Waals surface area (Å²) < 4.78 is 13.4. The minimum atomic E-state index is -0.538. The Labute approximate surface area is 115 Å². The predicted octanol–water partition coefficient (Wildman–Crippen LogP) is 3.26. The van der Waals surface area contributed by atoms with Crippen molar-refractivity contribution in [1.29, 1.82) is 0 Å². The highest BCUT2D eigenvalue weighted by molar-refractivity contribution is 7.99. The molecule has 0 aliphatic rings. The van der Waals surface area contributed by atoms with E-state index in [0.29, 0.717) is 0 Å². The summed E-state index contributed by atoms with van der Waals surface area (Å²) in [6.45, 7) is 0. The molecule has 3 nitrogen and oxygen atoms in total. The minimum absolute atomic E-state index is 0.148. The van der Waals surface area contributed by atoms with Gasteiger partial charge in [-0.1, -0.05) is 30.3 Å². The fourth-order valence-electron chi connectivity index (χ4n) is 1.70. The Morgan fingerprint density at radius 1 is 1.32 bits per heavy atom. The van der Waals surface area contributed by atoms with Gasteiger partial charge in [-0.25, -0.2) is 4.39 Å². The standard InChI is InChI=1S/C14H13FN2OS/c1-19-13(10-5-3-2-4-6-10)14(18)17-12-7-8-16-9-11(12)15/h2-9,13H,1H3,(H,16,17,18)/t13-/m1/s1. The summed E-state index contributed by atoms with van der Waals surface area (Å²) in [6.07, 6.45) is 4.36. The van der Waals surface area contributed by atoms with Gasteiger partial charge >= 0.3 is 0 Å². The third kappa shape index (κ3) is 3.32. The third-order valence-electron chi connectivity index (χ3n) is 2.61. The molecule has 5 heteroatoms. The maximum absolute atomic E-state index is 13.4. The monoisotopic (exact) mass is 276 g/mol. The number of hydrogen-bond acceptors (Lipinski definition) is 3. The van der Waals surface area contributed by atoms with Crippen molar-refractivity contribution in [3.63, 3.8) is 0 Å². The van der Waals surface area contributed by atoms with E-state index < -0.39 is 5.82 Å². The van der Waals surface area contributed by atoms with Crippen LogP contribution < -0.4 is 5.32 Å². The zero-order valence-electron chi connectivity index (χ0n) is 10.3. The van der Waals surface area contributed by atoms with Crippen molar-refractivity contribution in [2.75, 3.05) is 11.6 Å². The molecule has 0 aliphatic heterocycles. The number of hydrogen-bond donors (Lipinski definition) is 1. The number of carbonyl (C=O) groups is 1. The second-order valence-corrected chi connectivity index (χ2v) is 4.81. The third-order valence-corrected chi connectivity index (χ3v) is 3.56. The fourth-order valence-corrected chi connectivity index (χ4v) is 2.40. The summed E-state index contributed by atoms with van der Waals surface area (Å²) in [5.41, 5.74) is 1.04. The molecule has 2 rings (SSSR count). The summed E-state index contributed by atoms with van der Waals surface area (Å²) in [6, 6.07) is 10.8. The number of pyridine rings is 1. The molecule has 1 aromatic heterocycles.